The Balaban J connectivity index is 1.57. The summed E-state index contributed by atoms with van der Waals surface area (Å²) in [5.41, 5.74) is 2.71. The molecule has 2 aromatic heterocycles. The number of aromatic nitrogens is 4. The summed E-state index contributed by atoms with van der Waals surface area (Å²) in [5, 5.41) is 0. The number of ether oxygens (including phenoxy) is 1. The van der Waals surface area contributed by atoms with E-state index in [9.17, 15) is 4.21 Å². The van der Waals surface area contributed by atoms with Gasteiger partial charge < -0.3 is 9.64 Å². The lowest BCUT2D eigenvalue weighted by atomic mass is 10.0. The van der Waals surface area contributed by atoms with E-state index >= 15 is 0 Å². The van der Waals surface area contributed by atoms with Crippen molar-refractivity contribution in [2.24, 2.45) is 4.36 Å². The number of hydrogen-bond donors (Lipinski definition) is 0. The average Bonchev–Trinajstić information content (AvgIpc) is 3.49. The first kappa shape index (κ1) is 22.0. The van der Waals surface area contributed by atoms with Crippen molar-refractivity contribution in [2.75, 3.05) is 30.4 Å². The van der Waals surface area contributed by atoms with E-state index in [0.717, 1.165) is 60.6 Å². The summed E-state index contributed by atoms with van der Waals surface area (Å²) in [6.45, 7) is 8.33. The van der Waals surface area contributed by atoms with Crippen LogP contribution in [-0.4, -0.2) is 61.3 Å². The van der Waals surface area contributed by atoms with Crippen LogP contribution in [0.25, 0.3) is 17.0 Å². The first-order chi connectivity index (χ1) is 16.4. The van der Waals surface area contributed by atoms with Crippen LogP contribution in [0.4, 0.5) is 5.82 Å². The van der Waals surface area contributed by atoms with E-state index in [1.165, 1.54) is 0 Å². The van der Waals surface area contributed by atoms with Gasteiger partial charge in [-0.05, 0) is 58.6 Å². The van der Waals surface area contributed by atoms with Gasteiger partial charge in [0.2, 0.25) is 5.95 Å². The lowest BCUT2D eigenvalue weighted by molar-refractivity contribution is 0.0985. The molecule has 2 aliphatic heterocycles. The van der Waals surface area contributed by atoms with Crippen LogP contribution < -0.4 is 4.90 Å². The third-order valence-electron chi connectivity index (χ3n) is 7.48. The van der Waals surface area contributed by atoms with Crippen LogP contribution in [0.3, 0.4) is 0 Å². The van der Waals surface area contributed by atoms with Gasteiger partial charge in [0.1, 0.15) is 11.6 Å². The maximum absolute atomic E-state index is 14.2. The molecule has 3 aliphatic rings. The number of imidazole rings is 1. The summed E-state index contributed by atoms with van der Waals surface area (Å²) in [6, 6.07) is 10.6. The van der Waals surface area contributed by atoms with Gasteiger partial charge in [0, 0.05) is 18.4 Å². The first-order valence-corrected chi connectivity index (χ1v) is 14.0. The number of rotatable bonds is 4. The number of fused-ring (bicyclic) bond motifs is 1. The van der Waals surface area contributed by atoms with Gasteiger partial charge in [-0.2, -0.15) is 4.98 Å². The van der Waals surface area contributed by atoms with Crippen LogP contribution >= 0.6 is 0 Å². The van der Waals surface area contributed by atoms with Crippen molar-refractivity contribution in [3.8, 4) is 5.95 Å². The largest absolute Gasteiger partial charge is 0.377 e. The molecule has 0 spiro atoms. The Bertz CT molecular complexity index is 1370. The standard InChI is InChI=1S/C25H32N6O2S/c1-17-16-33-13-12-30(17)23-15-22(25(3)11-6-14-34(25,32)29-19-9-10-19)27-24(28-23)31-18(2)26-20-7-4-5-8-21(20)31/h4-5,7-8,15,17,19H,6,9-14,16H2,1-3H3/t17-,25-,34?/m1/s1. The maximum Gasteiger partial charge on any atom is 0.237 e. The topological polar surface area (TPSA) is 85.5 Å². The highest BCUT2D eigenvalue weighted by atomic mass is 32.2. The molecule has 0 amide bonds. The van der Waals surface area contributed by atoms with Crippen LogP contribution in [0.5, 0.6) is 0 Å². The molecule has 1 saturated carbocycles. The molecule has 0 bridgehead atoms. The normalized spacial score (nSPS) is 29.6. The van der Waals surface area contributed by atoms with Gasteiger partial charge in [0.25, 0.3) is 0 Å². The van der Waals surface area contributed by atoms with Gasteiger partial charge in [-0.1, -0.05) is 12.1 Å². The maximum atomic E-state index is 14.2. The van der Waals surface area contributed by atoms with E-state index in [1.807, 2.05) is 35.8 Å². The third-order valence-corrected chi connectivity index (χ3v) is 10.8. The Morgan fingerprint density at radius 3 is 2.82 bits per heavy atom. The Morgan fingerprint density at radius 2 is 2.03 bits per heavy atom. The molecular weight excluding hydrogens is 448 g/mol. The average molecular weight is 481 g/mol. The van der Waals surface area contributed by atoms with Gasteiger partial charge in [-0.15, -0.1) is 0 Å². The molecule has 3 aromatic rings. The molecule has 9 heteroatoms. The number of nitrogens with zero attached hydrogens (tertiary/aromatic N) is 6. The highest BCUT2D eigenvalue weighted by Gasteiger charge is 2.46. The predicted octanol–water partition coefficient (Wildman–Crippen LogP) is 3.99. The zero-order valence-electron chi connectivity index (χ0n) is 20.1. The molecule has 180 valence electrons. The second-order valence-corrected chi connectivity index (χ2v) is 12.8. The smallest absolute Gasteiger partial charge is 0.237 e. The molecule has 0 radical (unpaired) electrons. The second kappa shape index (κ2) is 8.02. The number of benzene rings is 1. The van der Waals surface area contributed by atoms with E-state index in [4.69, 9.17) is 24.1 Å². The van der Waals surface area contributed by atoms with E-state index < -0.39 is 14.5 Å². The molecule has 3 fully saturated rings. The minimum atomic E-state index is -2.42. The molecular formula is C25H32N6O2S. The Labute approximate surface area is 200 Å². The van der Waals surface area contributed by atoms with Crippen LogP contribution in [0.1, 0.15) is 51.0 Å². The summed E-state index contributed by atoms with van der Waals surface area (Å²) < 4.78 is 26.2. The van der Waals surface area contributed by atoms with Gasteiger partial charge in [0.15, 0.2) is 0 Å². The zero-order valence-corrected chi connectivity index (χ0v) is 20.9. The molecule has 1 unspecified atom stereocenters. The quantitative estimate of drug-likeness (QED) is 0.561. The molecule has 2 saturated heterocycles. The summed E-state index contributed by atoms with van der Waals surface area (Å²) in [6.07, 6.45) is 3.83. The Hall–Kier alpha value is -2.52. The number of hydrogen-bond acceptors (Lipinski definition) is 7. The summed E-state index contributed by atoms with van der Waals surface area (Å²) in [4.78, 5) is 17.2. The second-order valence-electron chi connectivity index (χ2n) is 10.0. The minimum absolute atomic E-state index is 0.196. The van der Waals surface area contributed by atoms with Crippen LogP contribution in [-0.2, 0) is 19.2 Å². The minimum Gasteiger partial charge on any atom is -0.377 e. The van der Waals surface area contributed by atoms with Crippen molar-refractivity contribution in [2.45, 2.75) is 63.3 Å². The van der Waals surface area contributed by atoms with Crippen molar-refractivity contribution >= 4 is 26.6 Å². The Morgan fingerprint density at radius 1 is 1.21 bits per heavy atom. The van der Waals surface area contributed by atoms with Crippen molar-refractivity contribution in [3.63, 3.8) is 0 Å². The predicted molar refractivity (Wildman–Crippen MR) is 134 cm³/mol. The van der Waals surface area contributed by atoms with Crippen molar-refractivity contribution in [1.29, 1.82) is 0 Å². The van der Waals surface area contributed by atoms with E-state index in [2.05, 4.69) is 24.8 Å². The first-order valence-electron chi connectivity index (χ1n) is 12.3. The fraction of sp³-hybridized carbons (Fsp3) is 0.560. The number of anilines is 1. The molecule has 1 aromatic carbocycles. The fourth-order valence-electron chi connectivity index (χ4n) is 5.28. The molecule has 1 aliphatic carbocycles. The van der Waals surface area contributed by atoms with Gasteiger partial charge in [-0.25, -0.2) is 18.5 Å². The number of aryl methyl sites for hydroxylation is 1. The van der Waals surface area contributed by atoms with E-state index in [1.54, 1.807) is 0 Å². The van der Waals surface area contributed by atoms with Gasteiger partial charge >= 0.3 is 0 Å². The molecule has 34 heavy (non-hydrogen) atoms. The highest BCUT2D eigenvalue weighted by Crippen LogP contribution is 2.45. The van der Waals surface area contributed by atoms with Crippen LogP contribution in [0.2, 0.25) is 0 Å². The van der Waals surface area contributed by atoms with Crippen molar-refractivity contribution in [3.05, 3.63) is 41.9 Å². The lowest BCUT2D eigenvalue weighted by Gasteiger charge is -2.35. The van der Waals surface area contributed by atoms with Crippen LogP contribution in [0, 0.1) is 6.92 Å². The summed E-state index contributed by atoms with van der Waals surface area (Å²) >= 11 is 0. The number of morpholine rings is 1. The van der Waals surface area contributed by atoms with Gasteiger partial charge in [-0.3, -0.25) is 4.57 Å². The fourth-order valence-corrected chi connectivity index (χ4v) is 8.19. The zero-order chi connectivity index (χ0) is 23.5. The van der Waals surface area contributed by atoms with E-state index in [-0.39, 0.29) is 12.1 Å². The Kier molecular flexibility index (Phi) is 5.18. The molecule has 0 N–H and O–H groups in total. The van der Waals surface area contributed by atoms with Crippen molar-refractivity contribution < 1.29 is 8.95 Å². The highest BCUT2D eigenvalue weighted by molar-refractivity contribution is 7.94. The SMILES string of the molecule is Cc1nc2ccccc2n1-c1nc(N2CCOC[C@H]2C)cc([C@@]2(C)CCCS2(=O)=NC2CC2)n1. The monoisotopic (exact) mass is 480 g/mol. The molecule has 3 atom stereocenters. The number of para-hydroxylation sites is 2. The molecule has 6 rings (SSSR count). The molecule has 4 heterocycles. The van der Waals surface area contributed by atoms with E-state index in [0.29, 0.717) is 24.9 Å². The summed E-state index contributed by atoms with van der Waals surface area (Å²) in [5.74, 6) is 2.92. The van der Waals surface area contributed by atoms with Crippen molar-refractivity contribution in [1.82, 2.24) is 19.5 Å². The lowest BCUT2D eigenvalue weighted by Crippen LogP contribution is -2.44. The molecule has 8 nitrogen and oxygen atoms in total. The van der Waals surface area contributed by atoms with Gasteiger partial charge in [0.05, 0.1) is 56.5 Å². The third kappa shape index (κ3) is 3.51. The summed E-state index contributed by atoms with van der Waals surface area (Å²) in [7, 11) is -2.42. The van der Waals surface area contributed by atoms with Crippen LogP contribution in [0.15, 0.2) is 34.7 Å².